The first-order valence-corrected chi connectivity index (χ1v) is 13.2. The summed E-state index contributed by atoms with van der Waals surface area (Å²) in [6, 6.07) is 15.0. The number of carboxylic acid groups (broad SMARTS) is 1. The van der Waals surface area contributed by atoms with E-state index in [9.17, 15) is 20.0 Å². The molecule has 0 saturated carbocycles. The largest absolute Gasteiger partial charge is 0.478 e. The van der Waals surface area contributed by atoms with Gasteiger partial charge in [0.1, 0.15) is 17.0 Å². The van der Waals surface area contributed by atoms with Gasteiger partial charge in [-0.2, -0.15) is 5.26 Å². The fraction of sp³-hybridized carbons (Fsp3) is 0.323. The molecule has 3 aromatic rings. The highest BCUT2D eigenvalue weighted by Gasteiger charge is 2.60. The van der Waals surface area contributed by atoms with E-state index in [1.54, 1.807) is 19.1 Å². The summed E-state index contributed by atoms with van der Waals surface area (Å²) in [5, 5.41) is 22.7. The molecule has 2 amide bonds. The van der Waals surface area contributed by atoms with Crippen molar-refractivity contribution in [1.82, 2.24) is 4.90 Å². The van der Waals surface area contributed by atoms with E-state index in [1.165, 1.54) is 53.4 Å². The van der Waals surface area contributed by atoms with Crippen LogP contribution >= 0.6 is 11.6 Å². The number of carboxylic acids is 1. The first-order chi connectivity index (χ1) is 18.8. The quantitative estimate of drug-likeness (QED) is 0.331. The van der Waals surface area contributed by atoms with E-state index in [1.807, 2.05) is 20.8 Å². The highest BCUT2D eigenvalue weighted by molar-refractivity contribution is 6.30. The van der Waals surface area contributed by atoms with Crippen LogP contribution in [0.15, 0.2) is 60.7 Å². The number of amides is 2. The number of aryl methyl sites for hydroxylation is 1. The molecule has 1 aliphatic heterocycles. The van der Waals surface area contributed by atoms with Crippen molar-refractivity contribution in [3.63, 3.8) is 0 Å². The minimum Gasteiger partial charge on any atom is -0.478 e. The summed E-state index contributed by atoms with van der Waals surface area (Å²) in [4.78, 5) is 26.4. The predicted octanol–water partition coefficient (Wildman–Crippen LogP) is 7.73. The average Bonchev–Trinajstić information content (AvgIpc) is 3.19. The SMILES string of the molecule is Cc1ccc(C2(C#N)[C@H](CC(C)(C)C)CN(C(=O)Nc3ccc(C(=O)O)cc3)[C@@H]2c2cccc(Cl)c2F)c(F)c1. The fourth-order valence-corrected chi connectivity index (χ4v) is 5.87. The number of benzene rings is 3. The van der Waals surface area contributed by atoms with Crippen LogP contribution in [0.25, 0.3) is 0 Å². The van der Waals surface area contributed by atoms with Crippen molar-refractivity contribution in [2.45, 2.75) is 45.6 Å². The second-order valence-electron chi connectivity index (χ2n) is 11.4. The van der Waals surface area contributed by atoms with E-state index >= 15 is 8.78 Å². The molecule has 0 spiro atoms. The Morgan fingerprint density at radius 2 is 1.82 bits per heavy atom. The van der Waals surface area contributed by atoms with Gasteiger partial charge in [-0.1, -0.05) is 56.6 Å². The number of carbonyl (C=O) groups is 2. The Hall–Kier alpha value is -3.96. The maximum absolute atomic E-state index is 15.7. The van der Waals surface area contributed by atoms with Gasteiger partial charge in [-0.3, -0.25) is 0 Å². The Balaban J connectivity index is 1.92. The number of aromatic carboxylic acids is 1. The Bertz CT molecular complexity index is 1500. The molecule has 9 heteroatoms. The average molecular weight is 566 g/mol. The summed E-state index contributed by atoms with van der Waals surface area (Å²) in [6.07, 6.45) is 0.434. The van der Waals surface area contributed by atoms with Crippen molar-refractivity contribution in [2.24, 2.45) is 11.3 Å². The maximum atomic E-state index is 15.7. The molecule has 3 aromatic carbocycles. The third-order valence-corrected chi connectivity index (χ3v) is 7.63. The summed E-state index contributed by atoms with van der Waals surface area (Å²) in [5.41, 5.74) is -0.872. The van der Waals surface area contributed by atoms with Crippen LogP contribution < -0.4 is 5.32 Å². The van der Waals surface area contributed by atoms with Crippen LogP contribution in [0.3, 0.4) is 0 Å². The molecule has 0 radical (unpaired) electrons. The van der Waals surface area contributed by atoms with E-state index in [4.69, 9.17) is 11.6 Å². The third-order valence-electron chi connectivity index (χ3n) is 7.34. The summed E-state index contributed by atoms with van der Waals surface area (Å²) < 4.78 is 31.5. The predicted molar refractivity (Wildman–Crippen MR) is 149 cm³/mol. The number of anilines is 1. The van der Waals surface area contributed by atoms with Gasteiger partial charge in [0.25, 0.3) is 0 Å². The zero-order chi connectivity index (χ0) is 29.4. The van der Waals surface area contributed by atoms with E-state index < -0.39 is 41.0 Å². The van der Waals surface area contributed by atoms with Crippen LogP contribution in [0, 0.1) is 41.2 Å². The highest BCUT2D eigenvalue weighted by Crippen LogP contribution is 2.56. The molecule has 0 aliphatic carbocycles. The molecule has 0 aromatic heterocycles. The van der Waals surface area contributed by atoms with Crippen molar-refractivity contribution in [1.29, 1.82) is 5.26 Å². The molecule has 4 rings (SSSR count). The molecule has 1 fully saturated rings. The van der Waals surface area contributed by atoms with Crippen molar-refractivity contribution in [3.05, 3.63) is 99.6 Å². The molecule has 40 heavy (non-hydrogen) atoms. The molecule has 6 nitrogen and oxygen atoms in total. The monoisotopic (exact) mass is 565 g/mol. The number of likely N-dealkylation sites (tertiary alicyclic amines) is 1. The van der Waals surface area contributed by atoms with Crippen molar-refractivity contribution >= 4 is 29.3 Å². The molecule has 1 saturated heterocycles. The number of nitrogens with one attached hydrogen (secondary N) is 1. The first-order valence-electron chi connectivity index (χ1n) is 12.8. The summed E-state index contributed by atoms with van der Waals surface area (Å²) in [7, 11) is 0. The first kappa shape index (κ1) is 29.0. The van der Waals surface area contributed by atoms with Crippen molar-refractivity contribution in [3.8, 4) is 6.07 Å². The number of rotatable bonds is 5. The van der Waals surface area contributed by atoms with Crippen LogP contribution in [0.2, 0.25) is 5.02 Å². The summed E-state index contributed by atoms with van der Waals surface area (Å²) >= 11 is 6.17. The van der Waals surface area contributed by atoms with E-state index in [0.717, 1.165) is 0 Å². The van der Waals surface area contributed by atoms with Gasteiger partial charge in [-0.25, -0.2) is 18.4 Å². The second-order valence-corrected chi connectivity index (χ2v) is 11.8. The number of carbonyl (C=O) groups excluding carboxylic acids is 1. The summed E-state index contributed by atoms with van der Waals surface area (Å²) in [5.74, 6) is -3.09. The normalized spacial score (nSPS) is 20.7. The van der Waals surface area contributed by atoms with E-state index in [-0.39, 0.29) is 33.7 Å². The van der Waals surface area contributed by atoms with E-state index in [0.29, 0.717) is 17.7 Å². The standard InChI is InChI=1S/C31H30ClF2N3O3/c1-18-8-13-23(25(33)14-18)31(17-35)20(15-30(2,3)4)16-37(27(31)22-6-5-7-24(32)26(22)34)29(40)36-21-11-9-19(10-12-21)28(38)39/h5-14,20,27H,15-16H2,1-4H3,(H,36,40)(H,38,39)/t20-,27-,31?/m1/s1. The number of hydrogen-bond donors (Lipinski definition) is 2. The second kappa shape index (κ2) is 10.9. The minimum atomic E-state index is -1.65. The zero-order valence-electron chi connectivity index (χ0n) is 22.6. The Morgan fingerprint density at radius 1 is 1.15 bits per heavy atom. The molecular formula is C31H30ClF2N3O3. The van der Waals surface area contributed by atoms with Gasteiger partial charge in [-0.15, -0.1) is 0 Å². The fourth-order valence-electron chi connectivity index (χ4n) is 5.69. The van der Waals surface area contributed by atoms with Gasteiger partial charge in [0, 0.05) is 29.3 Å². The number of hydrogen-bond acceptors (Lipinski definition) is 3. The molecule has 0 bridgehead atoms. The Morgan fingerprint density at radius 3 is 2.40 bits per heavy atom. The van der Waals surface area contributed by atoms with Crippen LogP contribution in [0.5, 0.6) is 0 Å². The topological polar surface area (TPSA) is 93.4 Å². The van der Waals surface area contributed by atoms with Gasteiger partial charge in [0.2, 0.25) is 0 Å². The molecule has 1 unspecified atom stereocenters. The maximum Gasteiger partial charge on any atom is 0.335 e. The van der Waals surface area contributed by atoms with Gasteiger partial charge in [0.05, 0.1) is 22.7 Å². The molecule has 208 valence electrons. The van der Waals surface area contributed by atoms with Crippen LogP contribution in [-0.2, 0) is 5.41 Å². The van der Waals surface area contributed by atoms with Crippen LogP contribution in [0.1, 0.15) is 60.3 Å². The van der Waals surface area contributed by atoms with Gasteiger partial charge >= 0.3 is 12.0 Å². The zero-order valence-corrected chi connectivity index (χ0v) is 23.4. The number of halogens is 3. The third kappa shape index (κ3) is 5.39. The molecule has 1 aliphatic rings. The van der Waals surface area contributed by atoms with Crippen molar-refractivity contribution < 1.29 is 23.5 Å². The highest BCUT2D eigenvalue weighted by atomic mass is 35.5. The molecule has 3 atom stereocenters. The van der Waals surface area contributed by atoms with Gasteiger partial charge in [0.15, 0.2) is 0 Å². The van der Waals surface area contributed by atoms with Crippen molar-refractivity contribution in [2.75, 3.05) is 11.9 Å². The molecular weight excluding hydrogens is 536 g/mol. The smallest absolute Gasteiger partial charge is 0.335 e. The van der Waals surface area contributed by atoms with Gasteiger partial charge in [-0.05, 0) is 60.7 Å². The van der Waals surface area contributed by atoms with E-state index in [2.05, 4.69) is 11.4 Å². The summed E-state index contributed by atoms with van der Waals surface area (Å²) in [6.45, 7) is 7.73. The Kier molecular flexibility index (Phi) is 7.91. The molecule has 2 N–H and O–H groups in total. The minimum absolute atomic E-state index is 0.00168. The molecule has 1 heterocycles. The number of nitriles is 1. The lowest BCUT2D eigenvalue weighted by Crippen LogP contribution is -2.42. The lowest BCUT2D eigenvalue weighted by molar-refractivity contribution is 0.0697. The lowest BCUT2D eigenvalue weighted by Gasteiger charge is -2.38. The Labute approximate surface area is 237 Å². The van der Waals surface area contributed by atoms with Gasteiger partial charge < -0.3 is 15.3 Å². The lowest BCUT2D eigenvalue weighted by atomic mass is 9.63. The van der Waals surface area contributed by atoms with Crippen LogP contribution in [-0.4, -0.2) is 28.6 Å². The van der Waals surface area contributed by atoms with Crippen LogP contribution in [0.4, 0.5) is 19.3 Å². The number of nitrogens with zero attached hydrogens (tertiary/aromatic N) is 2. The number of urea groups is 1.